The van der Waals surface area contributed by atoms with Crippen LogP contribution < -0.4 is 11.3 Å². The van der Waals surface area contributed by atoms with Gasteiger partial charge < -0.3 is 5.11 Å². The number of amides is 1. The standard InChI is InChI=1S/C14H18FN3O2S/c1-2-18(6-7-19)8-9-12-10(15)4-3-5-11(12)21-13(9)14(20)17-16/h3-5,19H,2,6-8,16H2,1H3,(H,17,20). The second-order valence-corrected chi connectivity index (χ2v) is 5.64. The van der Waals surface area contributed by atoms with Gasteiger partial charge in [0.1, 0.15) is 5.82 Å². The van der Waals surface area contributed by atoms with Crippen molar-refractivity contribution in [2.45, 2.75) is 13.5 Å². The first-order chi connectivity index (χ1) is 10.1. The van der Waals surface area contributed by atoms with Crippen LogP contribution in [0.25, 0.3) is 10.1 Å². The number of halogens is 1. The molecule has 0 radical (unpaired) electrons. The van der Waals surface area contributed by atoms with Crippen LogP contribution in [0.3, 0.4) is 0 Å². The van der Waals surface area contributed by atoms with Gasteiger partial charge in [0.05, 0.1) is 11.5 Å². The summed E-state index contributed by atoms with van der Waals surface area (Å²) in [5.74, 6) is 4.44. The highest BCUT2D eigenvalue weighted by molar-refractivity contribution is 7.21. The molecule has 0 aliphatic heterocycles. The van der Waals surface area contributed by atoms with E-state index in [9.17, 15) is 9.18 Å². The molecule has 5 nitrogen and oxygen atoms in total. The van der Waals surface area contributed by atoms with Gasteiger partial charge in [0.25, 0.3) is 5.91 Å². The van der Waals surface area contributed by atoms with Crippen LogP contribution in [-0.2, 0) is 6.54 Å². The Labute approximate surface area is 126 Å². The molecule has 0 unspecified atom stereocenters. The molecule has 1 amide bonds. The van der Waals surface area contributed by atoms with Crippen molar-refractivity contribution in [2.75, 3.05) is 19.7 Å². The average molecular weight is 311 g/mol. The smallest absolute Gasteiger partial charge is 0.275 e. The number of nitrogens with two attached hydrogens (primary N) is 1. The molecule has 1 heterocycles. The average Bonchev–Trinajstić information content (AvgIpc) is 2.86. The second kappa shape index (κ2) is 6.95. The second-order valence-electron chi connectivity index (χ2n) is 4.59. The zero-order chi connectivity index (χ0) is 15.4. The SMILES string of the molecule is CCN(CCO)Cc1c(C(=O)NN)sc2cccc(F)c12. The molecule has 1 aromatic heterocycles. The molecule has 0 fully saturated rings. The van der Waals surface area contributed by atoms with Crippen molar-refractivity contribution in [3.8, 4) is 0 Å². The summed E-state index contributed by atoms with van der Waals surface area (Å²) in [6, 6.07) is 4.78. The number of carbonyl (C=O) groups excluding carboxylic acids is 1. The van der Waals surface area contributed by atoms with Gasteiger partial charge in [0, 0.05) is 28.7 Å². The molecular formula is C14H18FN3O2S. The maximum absolute atomic E-state index is 14.1. The van der Waals surface area contributed by atoms with Crippen LogP contribution in [0.1, 0.15) is 22.2 Å². The van der Waals surface area contributed by atoms with Gasteiger partial charge >= 0.3 is 0 Å². The number of hydrazine groups is 1. The summed E-state index contributed by atoms with van der Waals surface area (Å²) in [6.07, 6.45) is 0. The van der Waals surface area contributed by atoms with Crippen LogP contribution in [0.15, 0.2) is 18.2 Å². The summed E-state index contributed by atoms with van der Waals surface area (Å²) < 4.78 is 14.9. The molecule has 0 atom stereocenters. The highest BCUT2D eigenvalue weighted by atomic mass is 32.1. The maximum atomic E-state index is 14.1. The Kier molecular flexibility index (Phi) is 5.24. The first-order valence-corrected chi connectivity index (χ1v) is 7.48. The lowest BCUT2D eigenvalue weighted by atomic mass is 10.1. The lowest BCUT2D eigenvalue weighted by Gasteiger charge is -2.19. The number of aliphatic hydroxyl groups excluding tert-OH is 1. The topological polar surface area (TPSA) is 78.6 Å². The van der Waals surface area contributed by atoms with Gasteiger partial charge in [-0.15, -0.1) is 11.3 Å². The normalized spacial score (nSPS) is 11.3. The number of hydrogen-bond acceptors (Lipinski definition) is 5. The van der Waals surface area contributed by atoms with Crippen LogP contribution in [0.2, 0.25) is 0 Å². The van der Waals surface area contributed by atoms with Crippen molar-refractivity contribution >= 4 is 27.3 Å². The van der Waals surface area contributed by atoms with E-state index in [0.717, 1.165) is 0 Å². The van der Waals surface area contributed by atoms with Crippen molar-refractivity contribution < 1.29 is 14.3 Å². The van der Waals surface area contributed by atoms with E-state index in [4.69, 9.17) is 10.9 Å². The number of thiophene rings is 1. The molecule has 0 aliphatic rings. The van der Waals surface area contributed by atoms with E-state index in [1.54, 1.807) is 12.1 Å². The molecule has 4 N–H and O–H groups in total. The fraction of sp³-hybridized carbons (Fsp3) is 0.357. The number of carbonyl (C=O) groups is 1. The summed E-state index contributed by atoms with van der Waals surface area (Å²) in [4.78, 5) is 14.3. The Morgan fingerprint density at radius 3 is 2.90 bits per heavy atom. The highest BCUT2D eigenvalue weighted by Gasteiger charge is 2.21. The van der Waals surface area contributed by atoms with Gasteiger partial charge in [-0.1, -0.05) is 13.0 Å². The number of likely N-dealkylation sites (N-methyl/N-ethyl adjacent to an activating group) is 1. The minimum absolute atomic E-state index is 0.0107. The molecule has 21 heavy (non-hydrogen) atoms. The van der Waals surface area contributed by atoms with E-state index in [2.05, 4.69) is 5.43 Å². The lowest BCUT2D eigenvalue weighted by Crippen LogP contribution is -2.31. The van der Waals surface area contributed by atoms with E-state index in [1.165, 1.54) is 17.4 Å². The molecule has 0 spiro atoms. The quantitative estimate of drug-likeness (QED) is 0.429. The van der Waals surface area contributed by atoms with Gasteiger partial charge in [-0.25, -0.2) is 10.2 Å². The predicted molar refractivity (Wildman–Crippen MR) is 81.5 cm³/mol. The lowest BCUT2D eigenvalue weighted by molar-refractivity contribution is 0.0956. The minimum atomic E-state index is -0.425. The first-order valence-electron chi connectivity index (χ1n) is 6.66. The summed E-state index contributed by atoms with van der Waals surface area (Å²) in [5, 5.41) is 9.53. The molecule has 0 saturated heterocycles. The maximum Gasteiger partial charge on any atom is 0.275 e. The van der Waals surface area contributed by atoms with Crippen LogP contribution in [0.5, 0.6) is 0 Å². The Bertz CT molecular complexity index is 644. The zero-order valence-corrected chi connectivity index (χ0v) is 12.5. The summed E-state index contributed by atoms with van der Waals surface area (Å²) in [5.41, 5.74) is 2.72. The van der Waals surface area contributed by atoms with Crippen molar-refractivity contribution in [3.05, 3.63) is 34.5 Å². The third kappa shape index (κ3) is 3.21. The number of benzene rings is 1. The van der Waals surface area contributed by atoms with Crippen LogP contribution in [-0.4, -0.2) is 35.6 Å². The Balaban J connectivity index is 2.54. The summed E-state index contributed by atoms with van der Waals surface area (Å²) >= 11 is 1.22. The predicted octanol–water partition coefficient (Wildman–Crippen LogP) is 1.46. The molecule has 0 bridgehead atoms. The molecule has 114 valence electrons. The van der Waals surface area contributed by atoms with Crippen LogP contribution in [0.4, 0.5) is 4.39 Å². The van der Waals surface area contributed by atoms with Crippen LogP contribution >= 0.6 is 11.3 Å². The molecular weight excluding hydrogens is 293 g/mol. The molecule has 7 heteroatoms. The number of nitrogen functional groups attached to an aromatic ring is 1. The van der Waals surface area contributed by atoms with Gasteiger partial charge in [0.2, 0.25) is 0 Å². The van der Waals surface area contributed by atoms with E-state index in [-0.39, 0.29) is 12.4 Å². The van der Waals surface area contributed by atoms with Gasteiger partial charge in [-0.2, -0.15) is 0 Å². The Morgan fingerprint density at radius 2 is 2.29 bits per heavy atom. The molecule has 1 aromatic carbocycles. The van der Waals surface area contributed by atoms with Gasteiger partial charge in [-0.05, 0) is 18.7 Å². The third-order valence-electron chi connectivity index (χ3n) is 3.35. The number of nitrogens with zero attached hydrogens (tertiary/aromatic N) is 1. The van der Waals surface area contributed by atoms with E-state index < -0.39 is 5.91 Å². The van der Waals surface area contributed by atoms with E-state index in [0.29, 0.717) is 40.2 Å². The number of aliphatic hydroxyl groups is 1. The number of rotatable bonds is 6. The molecule has 0 saturated carbocycles. The molecule has 2 rings (SSSR count). The Morgan fingerprint density at radius 1 is 1.52 bits per heavy atom. The minimum Gasteiger partial charge on any atom is -0.395 e. The van der Waals surface area contributed by atoms with E-state index >= 15 is 0 Å². The summed E-state index contributed by atoms with van der Waals surface area (Å²) in [6.45, 7) is 3.50. The van der Waals surface area contributed by atoms with Crippen molar-refractivity contribution in [1.82, 2.24) is 10.3 Å². The van der Waals surface area contributed by atoms with E-state index in [1.807, 2.05) is 11.8 Å². The molecule has 0 aliphatic carbocycles. The first kappa shape index (κ1) is 15.8. The third-order valence-corrected chi connectivity index (χ3v) is 4.54. The van der Waals surface area contributed by atoms with Crippen molar-refractivity contribution in [3.63, 3.8) is 0 Å². The number of nitrogens with one attached hydrogen (secondary N) is 1. The Hall–Kier alpha value is -1.54. The van der Waals surface area contributed by atoms with Crippen LogP contribution in [0, 0.1) is 5.82 Å². The summed E-state index contributed by atoms with van der Waals surface area (Å²) in [7, 11) is 0. The monoisotopic (exact) mass is 311 g/mol. The number of hydrogen-bond donors (Lipinski definition) is 3. The van der Waals surface area contributed by atoms with Gasteiger partial charge in [-0.3, -0.25) is 15.1 Å². The molecule has 2 aromatic rings. The van der Waals surface area contributed by atoms with Crippen molar-refractivity contribution in [1.29, 1.82) is 0 Å². The highest BCUT2D eigenvalue weighted by Crippen LogP contribution is 2.34. The fourth-order valence-corrected chi connectivity index (χ4v) is 3.41. The zero-order valence-electron chi connectivity index (χ0n) is 11.7. The number of fused-ring (bicyclic) bond motifs is 1. The largest absolute Gasteiger partial charge is 0.395 e. The van der Waals surface area contributed by atoms with Gasteiger partial charge in [0.15, 0.2) is 0 Å². The van der Waals surface area contributed by atoms with Crippen molar-refractivity contribution in [2.24, 2.45) is 5.84 Å². The fourth-order valence-electron chi connectivity index (χ4n) is 2.28.